The quantitative estimate of drug-likeness (QED) is 0.705. The summed E-state index contributed by atoms with van der Waals surface area (Å²) in [4.78, 5) is 5.02. The van der Waals surface area contributed by atoms with Crippen LogP contribution in [-0.2, 0) is 13.1 Å². The molecule has 0 atom stereocenters. The van der Waals surface area contributed by atoms with Crippen LogP contribution >= 0.6 is 0 Å². The monoisotopic (exact) mass is 289 g/mol. The molecular formula is C18H31N3. The largest absolute Gasteiger partial charge is 0.313 e. The first-order valence-electron chi connectivity index (χ1n) is 8.47. The highest BCUT2D eigenvalue weighted by molar-refractivity contribution is 5.22. The van der Waals surface area contributed by atoms with E-state index in [-0.39, 0.29) is 0 Å². The van der Waals surface area contributed by atoms with Crippen LogP contribution in [-0.4, -0.2) is 49.6 Å². The number of hydrogen-bond acceptors (Lipinski definition) is 3. The summed E-state index contributed by atoms with van der Waals surface area (Å²) in [6.45, 7) is 10.3. The zero-order valence-corrected chi connectivity index (χ0v) is 13.8. The van der Waals surface area contributed by atoms with Crippen LogP contribution in [0.1, 0.15) is 37.3 Å². The average Bonchev–Trinajstić information content (AvgIpc) is 3.01. The molecule has 1 N–H and O–H groups in total. The van der Waals surface area contributed by atoms with E-state index in [1.807, 2.05) is 0 Å². The summed E-state index contributed by atoms with van der Waals surface area (Å²) >= 11 is 0. The van der Waals surface area contributed by atoms with Gasteiger partial charge in [0.05, 0.1) is 0 Å². The molecule has 1 saturated heterocycles. The Kier molecular flexibility index (Phi) is 7.20. The van der Waals surface area contributed by atoms with E-state index < -0.39 is 0 Å². The summed E-state index contributed by atoms with van der Waals surface area (Å²) < 4.78 is 0. The molecule has 0 amide bonds. The van der Waals surface area contributed by atoms with Gasteiger partial charge in [-0.15, -0.1) is 0 Å². The number of hydrogen-bond donors (Lipinski definition) is 1. The van der Waals surface area contributed by atoms with Crippen LogP contribution in [0.3, 0.4) is 0 Å². The molecular weight excluding hydrogens is 258 g/mol. The maximum Gasteiger partial charge on any atom is 0.0231 e. The van der Waals surface area contributed by atoms with E-state index in [4.69, 9.17) is 0 Å². The first-order chi connectivity index (χ1) is 10.3. The number of rotatable bonds is 9. The average molecular weight is 289 g/mol. The van der Waals surface area contributed by atoms with Crippen LogP contribution in [0.5, 0.6) is 0 Å². The molecule has 1 aromatic rings. The first kappa shape index (κ1) is 16.5. The Morgan fingerprint density at radius 3 is 2.43 bits per heavy atom. The molecule has 1 fully saturated rings. The lowest BCUT2D eigenvalue weighted by Gasteiger charge is -2.21. The van der Waals surface area contributed by atoms with Crippen molar-refractivity contribution in [3.05, 3.63) is 35.4 Å². The molecule has 1 aliphatic heterocycles. The fourth-order valence-corrected chi connectivity index (χ4v) is 2.88. The number of likely N-dealkylation sites (tertiary alicyclic amines) is 1. The third-order valence-electron chi connectivity index (χ3n) is 4.23. The van der Waals surface area contributed by atoms with Gasteiger partial charge in [0.25, 0.3) is 0 Å². The molecule has 118 valence electrons. The van der Waals surface area contributed by atoms with Crippen LogP contribution in [0.25, 0.3) is 0 Å². The third kappa shape index (κ3) is 6.16. The Hall–Kier alpha value is -0.900. The summed E-state index contributed by atoms with van der Waals surface area (Å²) in [5.41, 5.74) is 2.80. The van der Waals surface area contributed by atoms with Gasteiger partial charge < -0.3 is 15.1 Å². The summed E-state index contributed by atoms with van der Waals surface area (Å²) in [6.07, 6.45) is 3.97. The normalized spacial score (nSPS) is 16.0. The van der Waals surface area contributed by atoms with Gasteiger partial charge in [-0.1, -0.05) is 31.2 Å². The smallest absolute Gasteiger partial charge is 0.0231 e. The second-order valence-corrected chi connectivity index (χ2v) is 6.28. The predicted octanol–water partition coefficient (Wildman–Crippen LogP) is 2.71. The minimum Gasteiger partial charge on any atom is -0.313 e. The number of likely N-dealkylation sites (N-methyl/N-ethyl adjacent to an activating group) is 1. The highest BCUT2D eigenvalue weighted by atomic mass is 15.2. The molecule has 0 aromatic heterocycles. The van der Waals surface area contributed by atoms with Crippen LogP contribution < -0.4 is 5.32 Å². The zero-order chi connectivity index (χ0) is 14.9. The van der Waals surface area contributed by atoms with Gasteiger partial charge in [0.2, 0.25) is 0 Å². The van der Waals surface area contributed by atoms with Gasteiger partial charge in [-0.05, 0) is 57.1 Å². The van der Waals surface area contributed by atoms with Crippen molar-refractivity contribution in [3.63, 3.8) is 0 Å². The van der Waals surface area contributed by atoms with Crippen molar-refractivity contribution in [2.75, 3.05) is 39.8 Å². The fourth-order valence-electron chi connectivity index (χ4n) is 2.88. The van der Waals surface area contributed by atoms with E-state index >= 15 is 0 Å². The summed E-state index contributed by atoms with van der Waals surface area (Å²) in [5, 5.41) is 3.45. The SMILES string of the molecule is CCCNCc1ccc(CN(C)CCN2CCCC2)cc1. The lowest BCUT2D eigenvalue weighted by atomic mass is 10.1. The molecule has 21 heavy (non-hydrogen) atoms. The Morgan fingerprint density at radius 1 is 1.10 bits per heavy atom. The molecule has 1 aromatic carbocycles. The second-order valence-electron chi connectivity index (χ2n) is 6.28. The third-order valence-corrected chi connectivity index (χ3v) is 4.23. The number of benzene rings is 1. The van der Waals surface area contributed by atoms with Crippen LogP contribution in [0.2, 0.25) is 0 Å². The lowest BCUT2D eigenvalue weighted by molar-refractivity contribution is 0.252. The van der Waals surface area contributed by atoms with Crippen molar-refractivity contribution in [2.45, 2.75) is 39.3 Å². The molecule has 0 unspecified atom stereocenters. The van der Waals surface area contributed by atoms with Crippen molar-refractivity contribution < 1.29 is 0 Å². The molecule has 1 aliphatic rings. The van der Waals surface area contributed by atoms with E-state index in [1.54, 1.807) is 0 Å². The lowest BCUT2D eigenvalue weighted by Crippen LogP contribution is -2.31. The summed E-state index contributed by atoms with van der Waals surface area (Å²) in [6, 6.07) is 9.06. The van der Waals surface area contributed by atoms with Crippen LogP contribution in [0.4, 0.5) is 0 Å². The van der Waals surface area contributed by atoms with Gasteiger partial charge >= 0.3 is 0 Å². The molecule has 2 rings (SSSR count). The molecule has 0 bridgehead atoms. The van der Waals surface area contributed by atoms with Gasteiger partial charge in [-0.3, -0.25) is 0 Å². The van der Waals surface area contributed by atoms with E-state index in [2.05, 4.69) is 53.4 Å². The highest BCUT2D eigenvalue weighted by Crippen LogP contribution is 2.09. The van der Waals surface area contributed by atoms with E-state index in [1.165, 1.54) is 56.6 Å². The molecule has 0 radical (unpaired) electrons. The van der Waals surface area contributed by atoms with Crippen LogP contribution in [0, 0.1) is 0 Å². The van der Waals surface area contributed by atoms with Crippen molar-refractivity contribution in [2.24, 2.45) is 0 Å². The first-order valence-corrected chi connectivity index (χ1v) is 8.47. The topological polar surface area (TPSA) is 18.5 Å². The van der Waals surface area contributed by atoms with Gasteiger partial charge in [0.1, 0.15) is 0 Å². The Labute approximate surface area is 130 Å². The van der Waals surface area contributed by atoms with Gasteiger partial charge in [0.15, 0.2) is 0 Å². The van der Waals surface area contributed by atoms with Crippen molar-refractivity contribution in [1.29, 1.82) is 0 Å². The zero-order valence-electron chi connectivity index (χ0n) is 13.8. The van der Waals surface area contributed by atoms with Crippen LogP contribution in [0.15, 0.2) is 24.3 Å². The van der Waals surface area contributed by atoms with Crippen molar-refractivity contribution in [1.82, 2.24) is 15.1 Å². The van der Waals surface area contributed by atoms with Crippen molar-refractivity contribution >= 4 is 0 Å². The predicted molar refractivity (Wildman–Crippen MR) is 90.4 cm³/mol. The maximum absolute atomic E-state index is 3.45. The molecule has 0 saturated carbocycles. The standard InChI is InChI=1S/C18H31N3/c1-3-10-19-15-17-6-8-18(9-7-17)16-20(2)13-14-21-11-4-5-12-21/h6-9,19H,3-5,10-16H2,1-2H3. The molecule has 0 spiro atoms. The van der Waals surface area contributed by atoms with E-state index in [0.29, 0.717) is 0 Å². The van der Waals surface area contributed by atoms with Gasteiger partial charge in [0, 0.05) is 26.2 Å². The molecule has 3 nitrogen and oxygen atoms in total. The fraction of sp³-hybridized carbons (Fsp3) is 0.667. The molecule has 3 heteroatoms. The molecule has 0 aliphatic carbocycles. The number of nitrogens with one attached hydrogen (secondary N) is 1. The second kappa shape index (κ2) is 9.19. The molecule has 1 heterocycles. The Morgan fingerprint density at radius 2 is 1.76 bits per heavy atom. The minimum absolute atomic E-state index is 0.985. The van der Waals surface area contributed by atoms with Crippen molar-refractivity contribution in [3.8, 4) is 0 Å². The summed E-state index contributed by atoms with van der Waals surface area (Å²) in [5.74, 6) is 0. The Bertz CT molecular complexity index is 382. The maximum atomic E-state index is 3.45. The number of nitrogens with zero attached hydrogens (tertiary/aromatic N) is 2. The Balaban J connectivity index is 1.68. The van der Waals surface area contributed by atoms with E-state index in [0.717, 1.165) is 19.6 Å². The highest BCUT2D eigenvalue weighted by Gasteiger charge is 2.11. The van der Waals surface area contributed by atoms with Gasteiger partial charge in [-0.25, -0.2) is 0 Å². The van der Waals surface area contributed by atoms with E-state index in [9.17, 15) is 0 Å². The summed E-state index contributed by atoms with van der Waals surface area (Å²) in [7, 11) is 2.23. The van der Waals surface area contributed by atoms with Gasteiger partial charge in [-0.2, -0.15) is 0 Å². The minimum atomic E-state index is 0.985.